The predicted octanol–water partition coefficient (Wildman–Crippen LogP) is 2.92. The number of nitrogens with zero attached hydrogens (tertiary/aromatic N) is 1. The van der Waals surface area contributed by atoms with Crippen molar-refractivity contribution in [1.29, 1.82) is 0 Å². The minimum atomic E-state index is 0.427. The van der Waals surface area contributed by atoms with E-state index in [0.717, 1.165) is 18.7 Å². The molecule has 0 amide bonds. The van der Waals surface area contributed by atoms with E-state index in [0.29, 0.717) is 18.5 Å². The Balaban J connectivity index is 2.66. The van der Waals surface area contributed by atoms with Crippen LogP contribution in [-0.2, 0) is 6.54 Å². The Morgan fingerprint density at radius 1 is 1.33 bits per heavy atom. The van der Waals surface area contributed by atoms with Gasteiger partial charge in [0.15, 0.2) is 0 Å². The van der Waals surface area contributed by atoms with E-state index in [9.17, 15) is 0 Å². The van der Waals surface area contributed by atoms with Crippen LogP contribution in [0.5, 0.6) is 0 Å². The SMILES string of the molecule is CC(C)CN(Cc1cc(C#CCN)cs1)C(C)C. The van der Waals surface area contributed by atoms with Gasteiger partial charge in [-0.05, 0) is 25.8 Å². The van der Waals surface area contributed by atoms with E-state index in [2.05, 4.69) is 55.9 Å². The van der Waals surface area contributed by atoms with Gasteiger partial charge in [-0.3, -0.25) is 4.90 Å². The first-order chi connectivity index (χ1) is 8.52. The number of thiophene rings is 1. The molecule has 0 saturated heterocycles. The molecule has 0 aromatic carbocycles. The zero-order valence-corrected chi connectivity index (χ0v) is 12.7. The first-order valence-electron chi connectivity index (χ1n) is 6.53. The lowest BCUT2D eigenvalue weighted by Gasteiger charge is -2.27. The van der Waals surface area contributed by atoms with Gasteiger partial charge in [0, 0.05) is 35.0 Å². The number of nitrogens with two attached hydrogens (primary N) is 1. The van der Waals surface area contributed by atoms with E-state index in [1.54, 1.807) is 11.3 Å². The van der Waals surface area contributed by atoms with Crippen molar-refractivity contribution in [2.24, 2.45) is 11.7 Å². The zero-order valence-electron chi connectivity index (χ0n) is 11.9. The molecule has 1 aromatic rings. The zero-order chi connectivity index (χ0) is 13.5. The fraction of sp³-hybridized carbons (Fsp3) is 0.600. The minimum absolute atomic E-state index is 0.427. The monoisotopic (exact) mass is 264 g/mol. The maximum Gasteiger partial charge on any atom is 0.0555 e. The third-order valence-corrected chi connectivity index (χ3v) is 3.60. The van der Waals surface area contributed by atoms with E-state index in [1.807, 2.05) is 0 Å². The Labute approximate surface area is 115 Å². The second-order valence-electron chi connectivity index (χ2n) is 5.22. The van der Waals surface area contributed by atoms with Crippen molar-refractivity contribution in [1.82, 2.24) is 4.90 Å². The molecule has 2 nitrogen and oxygen atoms in total. The Hall–Kier alpha value is -0.820. The highest BCUT2D eigenvalue weighted by atomic mass is 32.1. The van der Waals surface area contributed by atoms with Gasteiger partial charge in [-0.25, -0.2) is 0 Å². The summed E-state index contributed by atoms with van der Waals surface area (Å²) in [6, 6.07) is 2.76. The van der Waals surface area contributed by atoms with Gasteiger partial charge in [-0.1, -0.05) is 25.7 Å². The second kappa shape index (κ2) is 7.58. The van der Waals surface area contributed by atoms with E-state index in [-0.39, 0.29) is 0 Å². The van der Waals surface area contributed by atoms with Gasteiger partial charge in [0.1, 0.15) is 0 Å². The molecule has 1 rings (SSSR count). The molecule has 0 aliphatic rings. The molecule has 3 heteroatoms. The van der Waals surface area contributed by atoms with Crippen LogP contribution in [0.2, 0.25) is 0 Å². The number of hydrogen-bond acceptors (Lipinski definition) is 3. The van der Waals surface area contributed by atoms with Gasteiger partial charge in [0.25, 0.3) is 0 Å². The van der Waals surface area contributed by atoms with Crippen molar-refractivity contribution in [3.63, 3.8) is 0 Å². The first-order valence-corrected chi connectivity index (χ1v) is 7.41. The van der Waals surface area contributed by atoms with E-state index in [1.165, 1.54) is 4.88 Å². The molecule has 0 atom stereocenters. The van der Waals surface area contributed by atoms with Crippen molar-refractivity contribution in [2.45, 2.75) is 40.3 Å². The summed E-state index contributed by atoms with van der Waals surface area (Å²) in [4.78, 5) is 3.89. The predicted molar refractivity (Wildman–Crippen MR) is 80.6 cm³/mol. The molecule has 100 valence electrons. The summed E-state index contributed by atoms with van der Waals surface area (Å²) < 4.78 is 0. The Morgan fingerprint density at radius 2 is 2.06 bits per heavy atom. The molecular weight excluding hydrogens is 240 g/mol. The van der Waals surface area contributed by atoms with Crippen LogP contribution >= 0.6 is 11.3 Å². The second-order valence-corrected chi connectivity index (χ2v) is 6.22. The Kier molecular flexibility index (Phi) is 6.42. The Morgan fingerprint density at radius 3 is 2.61 bits per heavy atom. The molecule has 2 N–H and O–H groups in total. The lowest BCUT2D eigenvalue weighted by atomic mass is 10.1. The average Bonchev–Trinajstić information content (AvgIpc) is 2.72. The highest BCUT2D eigenvalue weighted by Gasteiger charge is 2.12. The van der Waals surface area contributed by atoms with E-state index < -0.39 is 0 Å². The fourth-order valence-electron chi connectivity index (χ4n) is 1.81. The van der Waals surface area contributed by atoms with Crippen LogP contribution in [0.15, 0.2) is 11.4 Å². The largest absolute Gasteiger partial charge is 0.320 e. The van der Waals surface area contributed by atoms with Gasteiger partial charge in [0.05, 0.1) is 6.54 Å². The molecule has 0 fully saturated rings. The topological polar surface area (TPSA) is 29.3 Å². The van der Waals surface area contributed by atoms with Gasteiger partial charge < -0.3 is 5.73 Å². The van der Waals surface area contributed by atoms with Crippen LogP contribution in [0.1, 0.15) is 38.1 Å². The average molecular weight is 264 g/mol. The lowest BCUT2D eigenvalue weighted by Crippen LogP contribution is -2.33. The third-order valence-electron chi connectivity index (χ3n) is 2.68. The van der Waals surface area contributed by atoms with Crippen molar-refractivity contribution < 1.29 is 0 Å². The maximum atomic E-state index is 5.38. The molecule has 0 bridgehead atoms. The van der Waals surface area contributed by atoms with Crippen LogP contribution in [0, 0.1) is 17.8 Å². The maximum absolute atomic E-state index is 5.38. The van der Waals surface area contributed by atoms with Gasteiger partial charge in [0.2, 0.25) is 0 Å². The molecular formula is C15H24N2S. The van der Waals surface area contributed by atoms with Crippen molar-refractivity contribution in [3.05, 3.63) is 21.9 Å². The van der Waals surface area contributed by atoms with Crippen LogP contribution < -0.4 is 5.73 Å². The number of hydrogen-bond donors (Lipinski definition) is 1. The summed E-state index contributed by atoms with van der Waals surface area (Å²) in [6.07, 6.45) is 0. The molecule has 1 aromatic heterocycles. The summed E-state index contributed by atoms with van der Waals surface area (Å²) in [5.74, 6) is 6.68. The molecule has 1 heterocycles. The summed E-state index contributed by atoms with van der Waals surface area (Å²) in [6.45, 7) is 11.6. The van der Waals surface area contributed by atoms with Gasteiger partial charge in [-0.15, -0.1) is 11.3 Å². The van der Waals surface area contributed by atoms with E-state index >= 15 is 0 Å². The fourth-order valence-corrected chi connectivity index (χ4v) is 2.65. The highest BCUT2D eigenvalue weighted by Crippen LogP contribution is 2.18. The molecule has 0 spiro atoms. The van der Waals surface area contributed by atoms with Crippen molar-refractivity contribution >= 4 is 11.3 Å². The summed E-state index contributed by atoms with van der Waals surface area (Å²) in [7, 11) is 0. The number of rotatable bonds is 5. The van der Waals surface area contributed by atoms with Gasteiger partial charge in [-0.2, -0.15) is 0 Å². The third kappa shape index (κ3) is 5.22. The van der Waals surface area contributed by atoms with Crippen LogP contribution in [0.25, 0.3) is 0 Å². The molecule has 0 saturated carbocycles. The quantitative estimate of drug-likeness (QED) is 0.829. The lowest BCUT2D eigenvalue weighted by molar-refractivity contribution is 0.191. The minimum Gasteiger partial charge on any atom is -0.320 e. The molecule has 0 aliphatic carbocycles. The van der Waals surface area contributed by atoms with Crippen molar-refractivity contribution in [2.75, 3.05) is 13.1 Å². The van der Waals surface area contributed by atoms with Crippen molar-refractivity contribution in [3.8, 4) is 11.8 Å². The molecule has 0 radical (unpaired) electrons. The highest BCUT2D eigenvalue weighted by molar-refractivity contribution is 7.10. The van der Waals surface area contributed by atoms with E-state index in [4.69, 9.17) is 5.73 Å². The van der Waals surface area contributed by atoms with Crippen LogP contribution in [0.3, 0.4) is 0 Å². The summed E-state index contributed by atoms with van der Waals surface area (Å²) in [5, 5.41) is 2.12. The van der Waals surface area contributed by atoms with Crippen LogP contribution in [0.4, 0.5) is 0 Å². The smallest absolute Gasteiger partial charge is 0.0555 e. The first kappa shape index (κ1) is 15.2. The Bertz CT molecular complexity index is 410. The van der Waals surface area contributed by atoms with Crippen LogP contribution in [-0.4, -0.2) is 24.0 Å². The molecule has 0 aliphatic heterocycles. The summed E-state index contributed by atoms with van der Waals surface area (Å²) in [5.41, 5.74) is 6.47. The normalized spacial score (nSPS) is 11.1. The molecule has 0 unspecified atom stereocenters. The molecule has 18 heavy (non-hydrogen) atoms. The van der Waals surface area contributed by atoms with Gasteiger partial charge >= 0.3 is 0 Å². The summed E-state index contributed by atoms with van der Waals surface area (Å²) >= 11 is 1.79. The standard InChI is InChI=1S/C15H24N2S/c1-12(2)9-17(13(3)4)10-15-8-14(11-18-15)6-5-7-16/h8,11-13H,7,9-10,16H2,1-4H3.